The molecule has 0 N–H and O–H groups in total. The van der Waals surface area contributed by atoms with Crippen LogP contribution in [0.3, 0.4) is 0 Å². The molecule has 1 saturated heterocycles. The Morgan fingerprint density at radius 1 is 1.07 bits per heavy atom. The summed E-state index contributed by atoms with van der Waals surface area (Å²) in [4.78, 5) is 17.5. The first-order valence-corrected chi connectivity index (χ1v) is 9.50. The van der Waals surface area contributed by atoms with Gasteiger partial charge in [-0.3, -0.25) is 14.4 Å². The Labute approximate surface area is 162 Å². The second-order valence-electron chi connectivity index (χ2n) is 7.71. The summed E-state index contributed by atoms with van der Waals surface area (Å²) in [6.45, 7) is 3.00. The number of likely N-dealkylation sites (tertiary alicyclic amines) is 1. The maximum absolute atomic E-state index is 13.3. The molecule has 28 heavy (non-hydrogen) atoms. The molecule has 144 valence electrons. The number of aromatic nitrogens is 3. The number of hydrogen-bond acceptors (Lipinski definition) is 3. The normalized spacial score (nSPS) is 21.8. The molecule has 2 atom stereocenters. The highest BCUT2D eigenvalue weighted by atomic mass is 19.1. The first-order chi connectivity index (χ1) is 13.6. The zero-order chi connectivity index (χ0) is 19.3. The predicted octanol–water partition coefficient (Wildman–Crippen LogP) is 2.44. The highest BCUT2D eigenvalue weighted by molar-refractivity contribution is 5.94. The van der Waals surface area contributed by atoms with Crippen LogP contribution < -0.4 is 0 Å². The van der Waals surface area contributed by atoms with Gasteiger partial charge in [-0.25, -0.2) is 4.39 Å². The van der Waals surface area contributed by atoms with E-state index in [9.17, 15) is 9.18 Å². The molecule has 1 aromatic carbocycles. The van der Waals surface area contributed by atoms with Crippen LogP contribution in [-0.2, 0) is 20.1 Å². The second-order valence-corrected chi connectivity index (χ2v) is 7.71. The van der Waals surface area contributed by atoms with Gasteiger partial charge in [0.25, 0.3) is 5.91 Å². The SMILES string of the molecule is Cn1cc(CN2CC3C(C2)n2cccc2C(=O)N3Cc2ccc(F)cc2)cn1. The third kappa shape index (κ3) is 2.92. The molecule has 1 fully saturated rings. The number of nitrogens with zero attached hydrogens (tertiary/aromatic N) is 5. The Balaban J connectivity index is 1.43. The molecule has 0 radical (unpaired) electrons. The van der Waals surface area contributed by atoms with E-state index < -0.39 is 0 Å². The summed E-state index contributed by atoms with van der Waals surface area (Å²) in [6, 6.07) is 10.6. The molecule has 2 aliphatic heterocycles. The summed E-state index contributed by atoms with van der Waals surface area (Å²) in [5.41, 5.74) is 2.84. The van der Waals surface area contributed by atoms with Crippen molar-refractivity contribution in [3.8, 4) is 0 Å². The summed E-state index contributed by atoms with van der Waals surface area (Å²) in [5, 5.41) is 4.26. The molecule has 0 saturated carbocycles. The largest absolute Gasteiger partial charge is 0.337 e. The number of fused-ring (bicyclic) bond motifs is 3. The van der Waals surface area contributed by atoms with E-state index >= 15 is 0 Å². The average molecular weight is 379 g/mol. The van der Waals surface area contributed by atoms with E-state index in [0.29, 0.717) is 6.54 Å². The van der Waals surface area contributed by atoms with Crippen molar-refractivity contribution in [2.75, 3.05) is 13.1 Å². The first kappa shape index (κ1) is 17.2. The van der Waals surface area contributed by atoms with Gasteiger partial charge in [0.2, 0.25) is 0 Å². The molecule has 7 heteroatoms. The fraction of sp³-hybridized carbons (Fsp3) is 0.333. The molecule has 3 aromatic rings. The quantitative estimate of drug-likeness (QED) is 0.700. The third-order valence-corrected chi connectivity index (χ3v) is 5.78. The lowest BCUT2D eigenvalue weighted by atomic mass is 10.0. The van der Waals surface area contributed by atoms with E-state index in [2.05, 4.69) is 14.6 Å². The number of carbonyl (C=O) groups excluding carboxylic acids is 1. The van der Waals surface area contributed by atoms with Gasteiger partial charge in [0.15, 0.2) is 0 Å². The lowest BCUT2D eigenvalue weighted by molar-refractivity contribution is 0.0556. The number of carbonyl (C=O) groups is 1. The zero-order valence-corrected chi connectivity index (χ0v) is 15.7. The fourth-order valence-corrected chi connectivity index (χ4v) is 4.50. The van der Waals surface area contributed by atoms with Gasteiger partial charge < -0.3 is 9.47 Å². The van der Waals surface area contributed by atoms with Crippen molar-refractivity contribution in [2.24, 2.45) is 7.05 Å². The van der Waals surface area contributed by atoms with Crippen molar-refractivity contribution in [3.05, 3.63) is 77.6 Å². The van der Waals surface area contributed by atoms with Crippen LogP contribution in [0.1, 0.15) is 27.7 Å². The fourth-order valence-electron chi connectivity index (χ4n) is 4.50. The van der Waals surface area contributed by atoms with Gasteiger partial charge in [0.1, 0.15) is 11.5 Å². The molecule has 2 aromatic heterocycles. The van der Waals surface area contributed by atoms with Crippen molar-refractivity contribution in [1.29, 1.82) is 0 Å². The highest BCUT2D eigenvalue weighted by Crippen LogP contribution is 2.35. The van der Waals surface area contributed by atoms with Crippen molar-refractivity contribution >= 4 is 5.91 Å². The number of halogens is 1. The Hall–Kier alpha value is -2.93. The summed E-state index contributed by atoms with van der Waals surface area (Å²) >= 11 is 0. The maximum Gasteiger partial charge on any atom is 0.271 e. The van der Waals surface area contributed by atoms with Crippen molar-refractivity contribution in [3.63, 3.8) is 0 Å². The first-order valence-electron chi connectivity index (χ1n) is 9.50. The Kier molecular flexibility index (Phi) is 4.05. The van der Waals surface area contributed by atoms with Gasteiger partial charge in [-0.15, -0.1) is 0 Å². The Morgan fingerprint density at radius 3 is 2.61 bits per heavy atom. The Bertz CT molecular complexity index is 1010. The number of hydrogen-bond donors (Lipinski definition) is 0. The van der Waals surface area contributed by atoms with Crippen LogP contribution in [0.2, 0.25) is 0 Å². The van der Waals surface area contributed by atoms with E-state index in [0.717, 1.165) is 30.9 Å². The minimum Gasteiger partial charge on any atom is -0.337 e. The van der Waals surface area contributed by atoms with Gasteiger partial charge in [-0.2, -0.15) is 5.10 Å². The molecule has 5 rings (SSSR count). The Morgan fingerprint density at radius 2 is 1.86 bits per heavy atom. The van der Waals surface area contributed by atoms with Gasteiger partial charge in [0, 0.05) is 51.2 Å². The topological polar surface area (TPSA) is 46.3 Å². The predicted molar refractivity (Wildman–Crippen MR) is 102 cm³/mol. The summed E-state index contributed by atoms with van der Waals surface area (Å²) in [5.74, 6) is -0.220. The zero-order valence-electron chi connectivity index (χ0n) is 15.7. The van der Waals surface area contributed by atoms with E-state index in [1.807, 2.05) is 47.4 Å². The minimum absolute atomic E-state index is 0.0406. The van der Waals surface area contributed by atoms with Crippen LogP contribution >= 0.6 is 0 Å². The van der Waals surface area contributed by atoms with Crippen LogP contribution in [0, 0.1) is 5.82 Å². The molecular formula is C21H22FN5O. The van der Waals surface area contributed by atoms with Crippen LogP contribution in [0.4, 0.5) is 4.39 Å². The molecule has 4 heterocycles. The van der Waals surface area contributed by atoms with Gasteiger partial charge in [-0.05, 0) is 29.8 Å². The molecule has 0 spiro atoms. The summed E-state index contributed by atoms with van der Waals surface area (Å²) < 4.78 is 17.2. The highest BCUT2D eigenvalue weighted by Gasteiger charge is 2.44. The van der Waals surface area contributed by atoms with Crippen LogP contribution in [0.25, 0.3) is 0 Å². The lowest BCUT2D eigenvalue weighted by Crippen LogP contribution is -2.49. The number of amides is 1. The number of benzene rings is 1. The molecule has 1 amide bonds. The summed E-state index contributed by atoms with van der Waals surface area (Å²) in [6.07, 6.45) is 5.93. The smallest absolute Gasteiger partial charge is 0.271 e. The maximum atomic E-state index is 13.3. The molecule has 6 nitrogen and oxygen atoms in total. The van der Waals surface area contributed by atoms with E-state index in [4.69, 9.17) is 0 Å². The van der Waals surface area contributed by atoms with E-state index in [-0.39, 0.29) is 23.8 Å². The third-order valence-electron chi connectivity index (χ3n) is 5.78. The molecular weight excluding hydrogens is 357 g/mol. The lowest BCUT2D eigenvalue weighted by Gasteiger charge is -2.38. The summed E-state index contributed by atoms with van der Waals surface area (Å²) in [7, 11) is 1.92. The van der Waals surface area contributed by atoms with E-state index in [1.165, 1.54) is 17.7 Å². The second kappa shape index (κ2) is 6.60. The molecule has 2 aliphatic rings. The van der Waals surface area contributed by atoms with Gasteiger partial charge >= 0.3 is 0 Å². The van der Waals surface area contributed by atoms with Crippen molar-refractivity contribution in [1.82, 2.24) is 24.1 Å². The van der Waals surface area contributed by atoms with Crippen LogP contribution in [-0.4, -0.2) is 49.2 Å². The minimum atomic E-state index is -0.260. The van der Waals surface area contributed by atoms with Crippen LogP contribution in [0.5, 0.6) is 0 Å². The molecule has 0 bridgehead atoms. The standard InChI is InChI=1S/C21H22FN5O/c1-24-10-16(9-23-24)11-25-13-19-20(14-25)27(12-15-4-6-17(22)7-5-15)21(28)18-3-2-8-26(18)19/h2-10,19-20H,11-14H2,1H3. The van der Waals surface area contributed by atoms with Crippen molar-refractivity contribution in [2.45, 2.75) is 25.2 Å². The monoisotopic (exact) mass is 379 g/mol. The van der Waals surface area contributed by atoms with Crippen LogP contribution in [0.15, 0.2) is 55.0 Å². The number of rotatable bonds is 4. The van der Waals surface area contributed by atoms with Crippen molar-refractivity contribution < 1.29 is 9.18 Å². The number of aryl methyl sites for hydroxylation is 1. The average Bonchev–Trinajstić information content (AvgIpc) is 3.40. The van der Waals surface area contributed by atoms with Gasteiger partial charge in [-0.1, -0.05) is 12.1 Å². The molecule has 2 unspecified atom stereocenters. The van der Waals surface area contributed by atoms with E-state index in [1.54, 1.807) is 12.1 Å². The van der Waals surface area contributed by atoms with Gasteiger partial charge in [0.05, 0.1) is 18.3 Å². The molecule has 0 aliphatic carbocycles.